The minimum Gasteiger partial charge on any atom is -0.478 e. The lowest BCUT2D eigenvalue weighted by molar-refractivity contribution is -0.196. The van der Waals surface area contributed by atoms with E-state index in [0.29, 0.717) is 5.56 Å². The van der Waals surface area contributed by atoms with Crippen molar-refractivity contribution in [2.45, 2.75) is 65.6 Å². The Bertz CT molecular complexity index is 775. The van der Waals surface area contributed by atoms with Crippen LogP contribution >= 0.6 is 0 Å². The number of alkyl carbamates (subject to hydrolysis) is 1. The standard InChI is InChI=1S/C22H31NO7/c1-20(2,3)22(18(26)27,15-10-8-7-9-11-15)29-17(25)13-12-16(24)14-23-19(28)30-21(4,5)6/h7-11H,12-14H2,1-6H3,(H,23,28)(H,26,27). The molecule has 0 saturated carbocycles. The Morgan fingerprint density at radius 3 is 1.93 bits per heavy atom. The summed E-state index contributed by atoms with van der Waals surface area (Å²) >= 11 is 0. The topological polar surface area (TPSA) is 119 Å². The van der Waals surface area contributed by atoms with Gasteiger partial charge in [-0.3, -0.25) is 9.59 Å². The lowest BCUT2D eigenvalue weighted by atomic mass is 9.72. The Balaban J connectivity index is 2.79. The van der Waals surface area contributed by atoms with Gasteiger partial charge in [-0.05, 0) is 20.8 Å². The van der Waals surface area contributed by atoms with Crippen LogP contribution in [0, 0.1) is 5.41 Å². The van der Waals surface area contributed by atoms with Gasteiger partial charge in [-0.15, -0.1) is 0 Å². The van der Waals surface area contributed by atoms with Gasteiger partial charge in [0.1, 0.15) is 5.60 Å². The summed E-state index contributed by atoms with van der Waals surface area (Å²) in [5.74, 6) is -2.52. The molecule has 0 aromatic heterocycles. The number of hydrogen-bond acceptors (Lipinski definition) is 6. The molecule has 8 heteroatoms. The Morgan fingerprint density at radius 2 is 1.47 bits per heavy atom. The molecule has 1 aromatic carbocycles. The summed E-state index contributed by atoms with van der Waals surface area (Å²) in [6.07, 6.45) is -1.25. The number of carbonyl (C=O) groups excluding carboxylic acids is 3. The van der Waals surface area contributed by atoms with Gasteiger partial charge in [0, 0.05) is 17.4 Å². The van der Waals surface area contributed by atoms with Crippen molar-refractivity contribution in [3.63, 3.8) is 0 Å². The smallest absolute Gasteiger partial charge is 0.408 e. The minimum atomic E-state index is -1.91. The number of carboxylic acids is 1. The molecule has 0 aliphatic heterocycles. The van der Waals surface area contributed by atoms with Crippen LogP contribution < -0.4 is 5.32 Å². The molecule has 0 bridgehead atoms. The first-order valence-electron chi connectivity index (χ1n) is 9.68. The van der Waals surface area contributed by atoms with Crippen molar-refractivity contribution in [3.8, 4) is 0 Å². The van der Waals surface area contributed by atoms with Gasteiger partial charge in [0.25, 0.3) is 0 Å². The fourth-order valence-electron chi connectivity index (χ4n) is 2.84. The Morgan fingerprint density at radius 1 is 0.900 bits per heavy atom. The highest BCUT2D eigenvalue weighted by atomic mass is 16.6. The molecule has 0 saturated heterocycles. The Hall–Kier alpha value is -2.90. The lowest BCUT2D eigenvalue weighted by Crippen LogP contribution is -2.50. The van der Waals surface area contributed by atoms with Gasteiger partial charge >= 0.3 is 18.0 Å². The first kappa shape index (κ1) is 25.1. The largest absolute Gasteiger partial charge is 0.478 e. The van der Waals surface area contributed by atoms with Crippen LogP contribution in [0.25, 0.3) is 0 Å². The normalized spacial score (nSPS) is 13.7. The number of ketones is 1. The molecule has 1 aromatic rings. The fourth-order valence-corrected chi connectivity index (χ4v) is 2.84. The summed E-state index contributed by atoms with van der Waals surface area (Å²) in [6, 6.07) is 8.24. The van der Waals surface area contributed by atoms with Crippen LogP contribution in [0.5, 0.6) is 0 Å². The van der Waals surface area contributed by atoms with Crippen molar-refractivity contribution in [2.75, 3.05) is 6.54 Å². The van der Waals surface area contributed by atoms with Crippen LogP contribution in [-0.4, -0.2) is 41.1 Å². The van der Waals surface area contributed by atoms with E-state index in [1.54, 1.807) is 71.9 Å². The second-order valence-corrected chi connectivity index (χ2v) is 8.97. The van der Waals surface area contributed by atoms with Crippen LogP contribution in [0.1, 0.15) is 59.9 Å². The van der Waals surface area contributed by atoms with Crippen LogP contribution in [0.2, 0.25) is 0 Å². The van der Waals surface area contributed by atoms with E-state index in [2.05, 4.69) is 5.32 Å². The molecule has 0 aliphatic rings. The van der Waals surface area contributed by atoms with E-state index in [4.69, 9.17) is 9.47 Å². The van der Waals surface area contributed by atoms with Gasteiger partial charge < -0.3 is 19.9 Å². The predicted octanol–water partition coefficient (Wildman–Crippen LogP) is 3.43. The van der Waals surface area contributed by atoms with Gasteiger partial charge in [-0.1, -0.05) is 51.1 Å². The highest BCUT2D eigenvalue weighted by Gasteiger charge is 2.54. The van der Waals surface area contributed by atoms with E-state index in [1.165, 1.54) is 0 Å². The summed E-state index contributed by atoms with van der Waals surface area (Å²) < 4.78 is 10.5. The molecule has 0 aliphatic carbocycles. The number of rotatable bonds is 8. The van der Waals surface area contributed by atoms with Crippen molar-refractivity contribution < 1.29 is 33.8 Å². The number of aliphatic carboxylic acids is 1. The van der Waals surface area contributed by atoms with Crippen LogP contribution in [0.4, 0.5) is 4.79 Å². The van der Waals surface area contributed by atoms with Crippen LogP contribution in [-0.2, 0) is 29.5 Å². The number of carboxylic acid groups (broad SMARTS) is 1. The monoisotopic (exact) mass is 421 g/mol. The summed E-state index contributed by atoms with van der Waals surface area (Å²) in [5, 5.41) is 12.3. The molecule has 30 heavy (non-hydrogen) atoms. The van der Waals surface area contributed by atoms with E-state index in [9.17, 15) is 24.3 Å². The number of carbonyl (C=O) groups is 4. The van der Waals surface area contributed by atoms with Crippen molar-refractivity contribution >= 4 is 23.8 Å². The SMILES string of the molecule is CC(C)(C)OC(=O)NCC(=O)CCC(=O)OC(C(=O)O)(c1ccccc1)C(C)(C)C. The molecule has 166 valence electrons. The van der Waals surface area contributed by atoms with Gasteiger partial charge in [-0.2, -0.15) is 0 Å². The number of benzene rings is 1. The second kappa shape index (κ2) is 9.73. The molecular weight excluding hydrogens is 390 g/mol. The number of Topliss-reactive ketones (excluding diaryl/α,β-unsaturated/α-hetero) is 1. The lowest BCUT2D eigenvalue weighted by Gasteiger charge is -2.40. The van der Waals surface area contributed by atoms with Crippen molar-refractivity contribution in [1.82, 2.24) is 5.32 Å². The van der Waals surface area contributed by atoms with Crippen LogP contribution in [0.15, 0.2) is 30.3 Å². The molecule has 2 N–H and O–H groups in total. The third kappa shape index (κ3) is 6.86. The van der Waals surface area contributed by atoms with E-state index in [-0.39, 0.29) is 19.4 Å². The molecule has 1 unspecified atom stereocenters. The molecule has 1 atom stereocenters. The maximum Gasteiger partial charge on any atom is 0.408 e. The first-order valence-corrected chi connectivity index (χ1v) is 9.68. The van der Waals surface area contributed by atoms with E-state index in [1.807, 2.05) is 0 Å². The van der Waals surface area contributed by atoms with Gasteiger partial charge in [0.05, 0.1) is 13.0 Å². The maximum atomic E-state index is 12.5. The molecule has 1 amide bonds. The molecule has 0 heterocycles. The zero-order valence-electron chi connectivity index (χ0n) is 18.4. The third-order valence-corrected chi connectivity index (χ3v) is 4.24. The first-order chi connectivity index (χ1) is 13.7. The van der Waals surface area contributed by atoms with E-state index >= 15 is 0 Å². The molecule has 0 fully saturated rings. The predicted molar refractivity (Wildman–Crippen MR) is 110 cm³/mol. The van der Waals surface area contributed by atoms with Crippen molar-refractivity contribution in [1.29, 1.82) is 0 Å². The number of amides is 1. The summed E-state index contributed by atoms with van der Waals surface area (Å²) in [7, 11) is 0. The molecule has 0 spiro atoms. The van der Waals surface area contributed by atoms with Gasteiger partial charge in [0.15, 0.2) is 5.78 Å². The highest BCUT2D eigenvalue weighted by Crippen LogP contribution is 2.43. The maximum absolute atomic E-state index is 12.5. The average molecular weight is 421 g/mol. The number of ether oxygens (including phenoxy) is 2. The van der Waals surface area contributed by atoms with Crippen LogP contribution in [0.3, 0.4) is 0 Å². The summed E-state index contributed by atoms with van der Waals surface area (Å²) in [4.78, 5) is 48.3. The van der Waals surface area contributed by atoms with E-state index < -0.39 is 40.4 Å². The Kier molecular flexibility index (Phi) is 8.16. The minimum absolute atomic E-state index is 0.205. The average Bonchev–Trinajstić information content (AvgIpc) is 2.60. The number of nitrogens with one attached hydrogen (secondary N) is 1. The molecule has 8 nitrogen and oxygen atoms in total. The third-order valence-electron chi connectivity index (χ3n) is 4.24. The molecular formula is C22H31NO7. The molecule has 1 rings (SSSR count). The summed E-state index contributed by atoms with van der Waals surface area (Å²) in [5.41, 5.74) is -3.24. The summed E-state index contributed by atoms with van der Waals surface area (Å²) in [6.45, 7) is 9.78. The molecule has 0 radical (unpaired) electrons. The zero-order chi connectivity index (χ0) is 23.2. The van der Waals surface area contributed by atoms with Gasteiger partial charge in [0.2, 0.25) is 5.60 Å². The quantitative estimate of drug-likeness (QED) is 0.617. The fraction of sp³-hybridized carbons (Fsp3) is 0.545. The Labute approximate surface area is 176 Å². The second-order valence-electron chi connectivity index (χ2n) is 8.97. The van der Waals surface area contributed by atoms with E-state index in [0.717, 1.165) is 0 Å². The highest BCUT2D eigenvalue weighted by molar-refractivity contribution is 5.88. The van der Waals surface area contributed by atoms with Crippen molar-refractivity contribution in [3.05, 3.63) is 35.9 Å². The number of hydrogen-bond donors (Lipinski definition) is 2. The van der Waals surface area contributed by atoms with Crippen molar-refractivity contribution in [2.24, 2.45) is 5.41 Å². The van der Waals surface area contributed by atoms with Gasteiger partial charge in [-0.25, -0.2) is 9.59 Å². The zero-order valence-corrected chi connectivity index (χ0v) is 18.4. The number of esters is 1.